The summed E-state index contributed by atoms with van der Waals surface area (Å²) in [5, 5.41) is 0.947. The van der Waals surface area contributed by atoms with Crippen LogP contribution < -0.4 is 0 Å². The van der Waals surface area contributed by atoms with Gasteiger partial charge in [-0.15, -0.1) is 11.3 Å². The summed E-state index contributed by atoms with van der Waals surface area (Å²) in [5.74, 6) is 0.812. The third kappa shape index (κ3) is 4.62. The molecule has 0 aliphatic carbocycles. The highest BCUT2D eigenvalue weighted by Crippen LogP contribution is 2.32. The lowest BCUT2D eigenvalue weighted by atomic mass is 9.93. The van der Waals surface area contributed by atoms with Crippen LogP contribution in [0.15, 0.2) is 30.3 Å². The highest BCUT2D eigenvalue weighted by atomic mass is 32.1. The van der Waals surface area contributed by atoms with E-state index in [2.05, 4.69) is 22.0 Å². The van der Waals surface area contributed by atoms with Crippen LogP contribution in [0.25, 0.3) is 10.4 Å². The van der Waals surface area contributed by atoms with Crippen LogP contribution in [-0.2, 0) is 4.74 Å². The number of morpholine rings is 1. The highest BCUT2D eigenvalue weighted by molar-refractivity contribution is 7.15. The number of thiazole rings is 1. The Labute approximate surface area is 171 Å². The van der Waals surface area contributed by atoms with E-state index in [0.29, 0.717) is 5.69 Å². The van der Waals surface area contributed by atoms with Gasteiger partial charge >= 0.3 is 0 Å². The van der Waals surface area contributed by atoms with Gasteiger partial charge in [-0.1, -0.05) is 30.3 Å². The number of rotatable bonds is 5. The molecule has 150 valence electrons. The average Bonchev–Trinajstić information content (AvgIpc) is 3.15. The minimum Gasteiger partial charge on any atom is -0.379 e. The molecule has 0 N–H and O–H groups in total. The third-order valence-corrected chi connectivity index (χ3v) is 6.85. The summed E-state index contributed by atoms with van der Waals surface area (Å²) in [6, 6.07) is 10.1. The molecular weight excluding hydrogens is 370 g/mol. The van der Waals surface area contributed by atoms with E-state index in [4.69, 9.17) is 4.74 Å². The number of amides is 1. The van der Waals surface area contributed by atoms with Crippen molar-refractivity contribution in [3.05, 3.63) is 41.0 Å². The lowest BCUT2D eigenvalue weighted by Crippen LogP contribution is -2.41. The smallest absolute Gasteiger partial charge is 0.273 e. The predicted molar refractivity (Wildman–Crippen MR) is 113 cm³/mol. The maximum Gasteiger partial charge on any atom is 0.273 e. The molecule has 2 saturated heterocycles. The molecule has 6 heteroatoms. The third-order valence-electron chi connectivity index (χ3n) is 5.83. The standard InChI is InChI=1S/C22H29N3O2S/c1-17-23-20(21(28-17)19-5-3-2-4-6-19)22(26)25-11-8-18(9-12-25)7-10-24-13-15-27-16-14-24/h2-6,18H,7-16H2,1H3. The van der Waals surface area contributed by atoms with Gasteiger partial charge in [0.25, 0.3) is 5.91 Å². The molecule has 2 aromatic rings. The van der Waals surface area contributed by atoms with Crippen molar-refractivity contribution in [3.8, 4) is 10.4 Å². The number of hydrogen-bond donors (Lipinski definition) is 0. The van der Waals surface area contributed by atoms with E-state index >= 15 is 0 Å². The molecule has 1 amide bonds. The summed E-state index contributed by atoms with van der Waals surface area (Å²) in [4.78, 5) is 23.3. The molecule has 28 heavy (non-hydrogen) atoms. The monoisotopic (exact) mass is 399 g/mol. The zero-order chi connectivity index (χ0) is 19.3. The molecular formula is C22H29N3O2S. The van der Waals surface area contributed by atoms with E-state index in [0.717, 1.165) is 80.1 Å². The Morgan fingerprint density at radius 2 is 1.86 bits per heavy atom. The first-order chi connectivity index (χ1) is 13.7. The molecule has 0 spiro atoms. The summed E-state index contributed by atoms with van der Waals surface area (Å²) >= 11 is 1.61. The van der Waals surface area contributed by atoms with E-state index < -0.39 is 0 Å². The van der Waals surface area contributed by atoms with Gasteiger partial charge < -0.3 is 9.64 Å². The largest absolute Gasteiger partial charge is 0.379 e. The van der Waals surface area contributed by atoms with Crippen LogP contribution in [0.5, 0.6) is 0 Å². The van der Waals surface area contributed by atoms with Crippen molar-refractivity contribution >= 4 is 17.2 Å². The number of nitrogens with zero attached hydrogens (tertiary/aromatic N) is 3. The molecule has 1 aromatic carbocycles. The zero-order valence-corrected chi connectivity index (χ0v) is 17.4. The molecule has 0 saturated carbocycles. The van der Waals surface area contributed by atoms with Gasteiger partial charge in [0.15, 0.2) is 0 Å². The Morgan fingerprint density at radius 3 is 2.57 bits per heavy atom. The molecule has 0 radical (unpaired) electrons. The maximum atomic E-state index is 13.2. The molecule has 2 aliphatic heterocycles. The maximum absolute atomic E-state index is 13.2. The van der Waals surface area contributed by atoms with Crippen molar-refractivity contribution in [3.63, 3.8) is 0 Å². The number of aromatic nitrogens is 1. The van der Waals surface area contributed by atoms with E-state index in [-0.39, 0.29) is 5.91 Å². The number of benzene rings is 1. The Balaban J connectivity index is 1.34. The second kappa shape index (κ2) is 9.16. The molecule has 4 rings (SSSR count). The Bertz CT molecular complexity index is 778. The molecule has 0 unspecified atom stereocenters. The fourth-order valence-electron chi connectivity index (χ4n) is 4.12. The van der Waals surface area contributed by atoms with E-state index in [1.54, 1.807) is 11.3 Å². The van der Waals surface area contributed by atoms with Crippen LogP contribution in [0.4, 0.5) is 0 Å². The number of aryl methyl sites for hydroxylation is 1. The van der Waals surface area contributed by atoms with Gasteiger partial charge in [-0.2, -0.15) is 0 Å². The number of carbonyl (C=O) groups is 1. The predicted octanol–water partition coefficient (Wildman–Crippen LogP) is 3.69. The molecule has 2 aliphatic rings. The minimum absolute atomic E-state index is 0.0924. The summed E-state index contributed by atoms with van der Waals surface area (Å²) in [5.41, 5.74) is 1.71. The van der Waals surface area contributed by atoms with Gasteiger partial charge in [0, 0.05) is 26.2 Å². The molecule has 5 nitrogen and oxygen atoms in total. The molecule has 0 bridgehead atoms. The number of piperidine rings is 1. The lowest BCUT2D eigenvalue weighted by molar-refractivity contribution is 0.0332. The molecule has 0 atom stereocenters. The van der Waals surface area contributed by atoms with Crippen molar-refractivity contribution in [1.29, 1.82) is 0 Å². The quantitative estimate of drug-likeness (QED) is 0.769. The zero-order valence-electron chi connectivity index (χ0n) is 16.6. The second-order valence-corrected chi connectivity index (χ2v) is 8.96. The van der Waals surface area contributed by atoms with E-state index in [9.17, 15) is 4.79 Å². The first-order valence-corrected chi connectivity index (χ1v) is 11.1. The summed E-state index contributed by atoms with van der Waals surface area (Å²) in [6.07, 6.45) is 3.42. The molecule has 1 aromatic heterocycles. The van der Waals surface area contributed by atoms with Gasteiger partial charge in [-0.3, -0.25) is 9.69 Å². The number of carbonyl (C=O) groups excluding carboxylic acids is 1. The van der Waals surface area contributed by atoms with Crippen LogP contribution in [0.2, 0.25) is 0 Å². The number of ether oxygens (including phenoxy) is 1. The van der Waals surface area contributed by atoms with Gasteiger partial charge in [0.2, 0.25) is 0 Å². The Hall–Kier alpha value is -1.76. The van der Waals surface area contributed by atoms with Crippen molar-refractivity contribution in [2.45, 2.75) is 26.2 Å². The van der Waals surface area contributed by atoms with Crippen molar-refractivity contribution in [1.82, 2.24) is 14.8 Å². The fraction of sp³-hybridized carbons (Fsp3) is 0.545. The summed E-state index contributed by atoms with van der Waals surface area (Å²) < 4.78 is 5.43. The van der Waals surface area contributed by atoms with Gasteiger partial charge in [0.1, 0.15) is 5.69 Å². The van der Waals surface area contributed by atoms with Crippen LogP contribution in [0, 0.1) is 12.8 Å². The van der Waals surface area contributed by atoms with Crippen molar-refractivity contribution in [2.75, 3.05) is 45.9 Å². The Morgan fingerprint density at radius 1 is 1.14 bits per heavy atom. The van der Waals surface area contributed by atoms with Crippen LogP contribution in [0.1, 0.15) is 34.8 Å². The van der Waals surface area contributed by atoms with E-state index in [1.807, 2.05) is 30.0 Å². The number of likely N-dealkylation sites (tertiary alicyclic amines) is 1. The summed E-state index contributed by atoms with van der Waals surface area (Å²) in [6.45, 7) is 8.67. The van der Waals surface area contributed by atoms with Gasteiger partial charge in [-0.25, -0.2) is 4.98 Å². The topological polar surface area (TPSA) is 45.7 Å². The van der Waals surface area contributed by atoms with Gasteiger partial charge in [-0.05, 0) is 44.2 Å². The lowest BCUT2D eigenvalue weighted by Gasteiger charge is -2.33. The Kier molecular flexibility index (Phi) is 6.40. The number of hydrogen-bond acceptors (Lipinski definition) is 5. The van der Waals surface area contributed by atoms with Gasteiger partial charge in [0.05, 0.1) is 23.1 Å². The van der Waals surface area contributed by atoms with E-state index in [1.165, 1.54) is 6.42 Å². The van der Waals surface area contributed by atoms with Crippen LogP contribution in [0.3, 0.4) is 0 Å². The average molecular weight is 400 g/mol. The first kappa shape index (κ1) is 19.6. The minimum atomic E-state index is 0.0924. The fourth-order valence-corrected chi connectivity index (χ4v) is 5.04. The molecule has 2 fully saturated rings. The first-order valence-electron chi connectivity index (χ1n) is 10.3. The normalized spacial score (nSPS) is 19.1. The second-order valence-electron chi connectivity index (χ2n) is 7.75. The van der Waals surface area contributed by atoms with Crippen molar-refractivity contribution in [2.24, 2.45) is 5.92 Å². The van der Waals surface area contributed by atoms with Crippen molar-refractivity contribution < 1.29 is 9.53 Å². The van der Waals surface area contributed by atoms with Crippen LogP contribution >= 0.6 is 11.3 Å². The van der Waals surface area contributed by atoms with Crippen LogP contribution in [-0.4, -0.2) is 66.6 Å². The molecule has 3 heterocycles. The SMILES string of the molecule is Cc1nc(C(=O)N2CCC(CCN3CCOCC3)CC2)c(-c2ccccc2)s1. The summed E-state index contributed by atoms with van der Waals surface area (Å²) in [7, 11) is 0. The highest BCUT2D eigenvalue weighted by Gasteiger charge is 2.28.